The molecule has 5 nitrogen and oxygen atoms in total. The molecule has 0 heterocycles. The normalized spacial score (nSPS) is 14.8. The first-order valence-corrected chi connectivity index (χ1v) is 5.95. The van der Waals surface area contributed by atoms with Gasteiger partial charge in [-0.3, -0.25) is 0 Å². The lowest BCUT2D eigenvalue weighted by Crippen LogP contribution is -2.38. The lowest BCUT2D eigenvalue weighted by Gasteiger charge is -2.20. The van der Waals surface area contributed by atoms with Gasteiger partial charge in [0.05, 0.1) is 11.8 Å². The molecule has 0 rings (SSSR count). The zero-order valence-electron chi connectivity index (χ0n) is 8.19. The molecule has 0 aromatic rings. The summed E-state index contributed by atoms with van der Waals surface area (Å²) in [4.78, 5) is 0. The van der Waals surface area contributed by atoms with E-state index in [1.807, 2.05) is 0 Å². The van der Waals surface area contributed by atoms with Crippen LogP contribution in [0.1, 0.15) is 6.42 Å². The Balaban J connectivity index is 3.92. The minimum Gasteiger partial charge on any atom is -0.354 e. The van der Waals surface area contributed by atoms with E-state index in [-0.39, 0.29) is 5.75 Å². The Morgan fingerprint density at radius 2 is 1.77 bits per heavy atom. The van der Waals surface area contributed by atoms with Gasteiger partial charge in [-0.1, -0.05) is 0 Å². The second-order valence-corrected chi connectivity index (χ2v) is 5.18. The van der Waals surface area contributed by atoms with Crippen LogP contribution in [0.3, 0.4) is 0 Å². The molecule has 80 valence electrons. The van der Waals surface area contributed by atoms with Crippen LogP contribution in [-0.4, -0.2) is 47.0 Å². The zero-order chi connectivity index (χ0) is 10.5. The Labute approximate surface area is 79.1 Å². The van der Waals surface area contributed by atoms with Crippen molar-refractivity contribution in [3.05, 3.63) is 0 Å². The van der Waals surface area contributed by atoms with Gasteiger partial charge < -0.3 is 15.2 Å². The Bertz CT molecular complexity index is 223. The molecule has 0 spiro atoms. The van der Waals surface area contributed by atoms with Crippen molar-refractivity contribution in [2.45, 2.75) is 18.8 Å². The Morgan fingerprint density at radius 1 is 1.31 bits per heavy atom. The highest BCUT2D eigenvalue weighted by Crippen LogP contribution is 2.02. The van der Waals surface area contributed by atoms with E-state index in [1.165, 1.54) is 20.5 Å². The molecular weight excluding hydrogens is 194 g/mol. The summed E-state index contributed by atoms with van der Waals surface area (Å²) in [6, 6.07) is -0.412. The predicted molar refractivity (Wildman–Crippen MR) is 50.1 cm³/mol. The summed E-state index contributed by atoms with van der Waals surface area (Å²) in [5, 5.41) is 0. The van der Waals surface area contributed by atoms with E-state index in [2.05, 4.69) is 0 Å². The molecule has 0 bridgehead atoms. The van der Waals surface area contributed by atoms with Gasteiger partial charge in [-0.25, -0.2) is 8.42 Å². The van der Waals surface area contributed by atoms with Gasteiger partial charge >= 0.3 is 0 Å². The van der Waals surface area contributed by atoms with Crippen LogP contribution >= 0.6 is 0 Å². The third-order valence-electron chi connectivity index (χ3n) is 1.64. The number of rotatable bonds is 6. The Kier molecular flexibility index (Phi) is 5.46. The van der Waals surface area contributed by atoms with E-state index in [0.29, 0.717) is 6.42 Å². The standard InChI is InChI=1S/C7H17NO4S/c1-11-7(12-2)6(8)4-5-13(3,9)10/h6-7H,4-5,8H2,1-3H3. The third kappa shape index (κ3) is 5.98. The highest BCUT2D eigenvalue weighted by atomic mass is 32.2. The van der Waals surface area contributed by atoms with Crippen LogP contribution in [-0.2, 0) is 19.3 Å². The fourth-order valence-electron chi connectivity index (χ4n) is 0.932. The van der Waals surface area contributed by atoms with E-state index >= 15 is 0 Å². The monoisotopic (exact) mass is 211 g/mol. The van der Waals surface area contributed by atoms with Crippen LogP contribution in [0.25, 0.3) is 0 Å². The number of nitrogens with two attached hydrogens (primary N) is 1. The molecule has 0 radical (unpaired) electrons. The molecule has 0 amide bonds. The maximum atomic E-state index is 10.8. The lowest BCUT2D eigenvalue weighted by molar-refractivity contribution is -0.116. The van der Waals surface area contributed by atoms with Crippen molar-refractivity contribution < 1.29 is 17.9 Å². The third-order valence-corrected chi connectivity index (χ3v) is 2.61. The number of sulfone groups is 1. The summed E-state index contributed by atoms with van der Waals surface area (Å²) in [6.45, 7) is 0. The molecule has 0 saturated carbocycles. The largest absolute Gasteiger partial charge is 0.354 e. The summed E-state index contributed by atoms with van der Waals surface area (Å²) in [5.74, 6) is 0.0530. The maximum absolute atomic E-state index is 10.8. The molecule has 13 heavy (non-hydrogen) atoms. The summed E-state index contributed by atoms with van der Waals surface area (Å²) in [7, 11) is -0.0268. The first-order valence-electron chi connectivity index (χ1n) is 3.89. The van der Waals surface area contributed by atoms with Crippen molar-refractivity contribution >= 4 is 9.84 Å². The van der Waals surface area contributed by atoms with Gasteiger partial charge in [0.2, 0.25) is 0 Å². The highest BCUT2D eigenvalue weighted by Gasteiger charge is 2.17. The quantitative estimate of drug-likeness (QED) is 0.592. The summed E-state index contributed by atoms with van der Waals surface area (Å²) in [5.41, 5.74) is 5.63. The van der Waals surface area contributed by atoms with Crippen LogP contribution in [0.4, 0.5) is 0 Å². The summed E-state index contributed by atoms with van der Waals surface area (Å²) >= 11 is 0. The molecule has 0 aliphatic carbocycles. The topological polar surface area (TPSA) is 78.6 Å². The molecule has 0 fully saturated rings. The van der Waals surface area contributed by atoms with Gasteiger partial charge in [0.15, 0.2) is 6.29 Å². The summed E-state index contributed by atoms with van der Waals surface area (Å²) in [6.07, 6.45) is 0.973. The Morgan fingerprint density at radius 3 is 2.08 bits per heavy atom. The van der Waals surface area contributed by atoms with Gasteiger partial charge in [-0.2, -0.15) is 0 Å². The molecule has 0 aliphatic rings. The van der Waals surface area contributed by atoms with Crippen molar-refractivity contribution in [3.8, 4) is 0 Å². The number of methoxy groups -OCH3 is 2. The molecule has 0 aromatic carbocycles. The minimum absolute atomic E-state index is 0.0530. The smallest absolute Gasteiger partial charge is 0.171 e. The lowest BCUT2D eigenvalue weighted by atomic mass is 10.2. The Hall–Kier alpha value is -0.170. The first-order chi connectivity index (χ1) is 5.90. The molecule has 0 aromatic heterocycles. The fraction of sp³-hybridized carbons (Fsp3) is 1.00. The van der Waals surface area contributed by atoms with E-state index in [9.17, 15) is 8.42 Å². The van der Waals surface area contributed by atoms with Crippen molar-refractivity contribution in [2.24, 2.45) is 5.73 Å². The second kappa shape index (κ2) is 5.54. The maximum Gasteiger partial charge on any atom is 0.171 e. The highest BCUT2D eigenvalue weighted by molar-refractivity contribution is 7.90. The summed E-state index contributed by atoms with van der Waals surface area (Å²) < 4.78 is 31.4. The average Bonchev–Trinajstić information content (AvgIpc) is 2.02. The molecule has 6 heteroatoms. The van der Waals surface area contributed by atoms with Crippen LogP contribution in [0.15, 0.2) is 0 Å². The molecule has 2 N–H and O–H groups in total. The van der Waals surface area contributed by atoms with Crippen LogP contribution in [0.5, 0.6) is 0 Å². The first kappa shape index (κ1) is 12.8. The molecule has 0 aliphatic heterocycles. The van der Waals surface area contributed by atoms with E-state index < -0.39 is 22.2 Å². The number of hydrogen-bond acceptors (Lipinski definition) is 5. The minimum atomic E-state index is -2.96. The van der Waals surface area contributed by atoms with Crippen LogP contribution in [0, 0.1) is 0 Å². The fourth-order valence-corrected chi connectivity index (χ4v) is 1.63. The zero-order valence-corrected chi connectivity index (χ0v) is 9.00. The van der Waals surface area contributed by atoms with E-state index in [4.69, 9.17) is 15.2 Å². The van der Waals surface area contributed by atoms with Crippen molar-refractivity contribution in [2.75, 3.05) is 26.2 Å². The molecule has 1 atom stereocenters. The van der Waals surface area contributed by atoms with Gasteiger partial charge in [0, 0.05) is 20.5 Å². The second-order valence-electron chi connectivity index (χ2n) is 2.92. The van der Waals surface area contributed by atoms with E-state index in [1.54, 1.807) is 0 Å². The van der Waals surface area contributed by atoms with Crippen LogP contribution < -0.4 is 5.73 Å². The average molecular weight is 211 g/mol. The number of ether oxygens (including phenoxy) is 2. The van der Waals surface area contributed by atoms with Crippen molar-refractivity contribution in [3.63, 3.8) is 0 Å². The van der Waals surface area contributed by atoms with Gasteiger partial charge in [-0.15, -0.1) is 0 Å². The van der Waals surface area contributed by atoms with Gasteiger partial charge in [0.1, 0.15) is 9.84 Å². The van der Waals surface area contributed by atoms with Gasteiger partial charge in [0.25, 0.3) is 0 Å². The molecule has 0 saturated heterocycles. The van der Waals surface area contributed by atoms with Crippen molar-refractivity contribution in [1.29, 1.82) is 0 Å². The molecule has 1 unspecified atom stereocenters. The van der Waals surface area contributed by atoms with Gasteiger partial charge in [-0.05, 0) is 6.42 Å². The SMILES string of the molecule is COC(OC)C(N)CCS(C)(=O)=O. The molecular formula is C7H17NO4S. The predicted octanol–water partition coefficient (Wildman–Crippen LogP) is -0.633. The number of hydrogen-bond donors (Lipinski definition) is 1. The van der Waals surface area contributed by atoms with Crippen LogP contribution in [0.2, 0.25) is 0 Å². The van der Waals surface area contributed by atoms with Crippen molar-refractivity contribution in [1.82, 2.24) is 0 Å². The van der Waals surface area contributed by atoms with E-state index in [0.717, 1.165) is 0 Å².